The van der Waals surface area contributed by atoms with Crippen molar-refractivity contribution in [1.29, 1.82) is 0 Å². The number of hydrogen-bond acceptors (Lipinski definition) is 4. The number of carbonyl (C=O) groups excluding carboxylic acids is 3. The van der Waals surface area contributed by atoms with E-state index < -0.39 is 17.5 Å². The fourth-order valence-electron chi connectivity index (χ4n) is 2.50. The van der Waals surface area contributed by atoms with E-state index in [-0.39, 0.29) is 11.1 Å². The molecule has 0 aliphatic carbocycles. The Bertz CT molecular complexity index is 1010. The molecule has 27 heavy (non-hydrogen) atoms. The maximum atomic E-state index is 12.3. The van der Waals surface area contributed by atoms with E-state index in [4.69, 9.17) is 16.3 Å². The first-order chi connectivity index (χ1) is 13.0. The summed E-state index contributed by atoms with van der Waals surface area (Å²) in [7, 11) is 0. The van der Waals surface area contributed by atoms with Crippen molar-refractivity contribution in [2.24, 2.45) is 0 Å². The van der Waals surface area contributed by atoms with Crippen LogP contribution in [0.15, 0.2) is 72.8 Å². The number of ketones is 2. The van der Waals surface area contributed by atoms with Crippen molar-refractivity contribution in [2.45, 2.75) is 6.92 Å². The van der Waals surface area contributed by atoms with Gasteiger partial charge in [0.15, 0.2) is 0 Å². The van der Waals surface area contributed by atoms with Crippen molar-refractivity contribution in [3.63, 3.8) is 0 Å². The van der Waals surface area contributed by atoms with E-state index in [0.29, 0.717) is 16.3 Å². The van der Waals surface area contributed by atoms with Crippen LogP contribution in [0.1, 0.15) is 36.6 Å². The lowest BCUT2D eigenvalue weighted by Gasteiger charge is -2.08. The van der Waals surface area contributed by atoms with Crippen LogP contribution in [-0.2, 0) is 0 Å². The average molecular weight is 379 g/mol. The van der Waals surface area contributed by atoms with Crippen LogP contribution in [0.4, 0.5) is 0 Å². The number of aryl methyl sites for hydroxylation is 1. The first-order valence-corrected chi connectivity index (χ1v) is 8.56. The van der Waals surface area contributed by atoms with Crippen LogP contribution >= 0.6 is 11.6 Å². The van der Waals surface area contributed by atoms with Gasteiger partial charge in [-0.05, 0) is 42.8 Å². The van der Waals surface area contributed by atoms with Crippen molar-refractivity contribution in [1.82, 2.24) is 0 Å². The molecule has 0 aliphatic rings. The average Bonchev–Trinajstić information content (AvgIpc) is 2.69. The molecule has 0 saturated heterocycles. The van der Waals surface area contributed by atoms with Gasteiger partial charge in [-0.1, -0.05) is 54.1 Å². The molecule has 134 valence electrons. The van der Waals surface area contributed by atoms with Gasteiger partial charge in [0.2, 0.25) is 11.6 Å². The summed E-state index contributed by atoms with van der Waals surface area (Å²) in [6.45, 7) is 1.78. The highest BCUT2D eigenvalue weighted by Gasteiger charge is 2.19. The molecule has 0 heterocycles. The van der Waals surface area contributed by atoms with Crippen molar-refractivity contribution in [3.05, 3.63) is 100 Å². The van der Waals surface area contributed by atoms with Crippen LogP contribution in [0.25, 0.3) is 0 Å². The predicted molar refractivity (Wildman–Crippen MR) is 103 cm³/mol. The monoisotopic (exact) mass is 378 g/mol. The Morgan fingerprint density at radius 3 is 1.89 bits per heavy atom. The summed E-state index contributed by atoms with van der Waals surface area (Å²) in [6.07, 6.45) is 0. The number of rotatable bonds is 5. The molecule has 5 heteroatoms. The molecule has 0 aromatic heterocycles. The van der Waals surface area contributed by atoms with Gasteiger partial charge in [0, 0.05) is 16.1 Å². The highest BCUT2D eigenvalue weighted by molar-refractivity contribution is 6.49. The normalized spacial score (nSPS) is 10.3. The van der Waals surface area contributed by atoms with E-state index in [2.05, 4.69) is 0 Å². The molecule has 0 N–H and O–H groups in total. The number of benzene rings is 3. The second kappa shape index (κ2) is 7.98. The zero-order chi connectivity index (χ0) is 19.4. The molecule has 3 aromatic carbocycles. The van der Waals surface area contributed by atoms with E-state index in [1.807, 2.05) is 0 Å². The third-order valence-electron chi connectivity index (χ3n) is 3.96. The zero-order valence-corrected chi connectivity index (χ0v) is 15.2. The lowest BCUT2D eigenvalue weighted by Crippen LogP contribution is -2.15. The van der Waals surface area contributed by atoms with Crippen LogP contribution in [-0.4, -0.2) is 17.5 Å². The van der Waals surface area contributed by atoms with Crippen molar-refractivity contribution in [3.8, 4) is 5.75 Å². The van der Waals surface area contributed by atoms with Crippen LogP contribution < -0.4 is 4.74 Å². The molecule has 0 radical (unpaired) electrons. The topological polar surface area (TPSA) is 60.4 Å². The Kier molecular flexibility index (Phi) is 5.48. The largest absolute Gasteiger partial charge is 0.423 e. The second-order valence-corrected chi connectivity index (χ2v) is 6.34. The van der Waals surface area contributed by atoms with E-state index in [0.717, 1.165) is 5.56 Å². The Morgan fingerprint density at radius 2 is 1.30 bits per heavy atom. The van der Waals surface area contributed by atoms with Gasteiger partial charge in [-0.3, -0.25) is 9.59 Å². The molecule has 3 aromatic rings. The number of hydrogen-bond donors (Lipinski definition) is 0. The molecule has 0 atom stereocenters. The Labute approximate surface area is 161 Å². The minimum Gasteiger partial charge on any atom is -0.423 e. The van der Waals surface area contributed by atoms with Crippen LogP contribution in [0.2, 0.25) is 5.02 Å². The Hall–Kier alpha value is -3.24. The van der Waals surface area contributed by atoms with Crippen LogP contribution in [0.5, 0.6) is 5.75 Å². The summed E-state index contributed by atoms with van der Waals surface area (Å²) in [6, 6.07) is 19.1. The molecule has 0 saturated carbocycles. The van der Waals surface area contributed by atoms with Crippen LogP contribution in [0.3, 0.4) is 0 Å². The summed E-state index contributed by atoms with van der Waals surface area (Å²) in [5.74, 6) is -1.38. The zero-order valence-electron chi connectivity index (χ0n) is 14.4. The summed E-state index contributed by atoms with van der Waals surface area (Å²) >= 11 is 5.89. The number of Topliss-reactive ketones (excluding diaryl/α,β-unsaturated/α-hetero) is 2. The Morgan fingerprint density at radius 1 is 0.741 bits per heavy atom. The summed E-state index contributed by atoms with van der Waals surface area (Å²) in [5, 5.41) is 0.554. The van der Waals surface area contributed by atoms with Gasteiger partial charge in [-0.25, -0.2) is 4.79 Å². The van der Waals surface area contributed by atoms with E-state index in [1.165, 1.54) is 24.3 Å². The summed E-state index contributed by atoms with van der Waals surface area (Å²) in [5.41, 5.74) is 1.54. The number of carbonyl (C=O) groups is 3. The second-order valence-electron chi connectivity index (χ2n) is 5.90. The van der Waals surface area contributed by atoms with Crippen molar-refractivity contribution in [2.75, 3.05) is 0 Å². The van der Waals surface area contributed by atoms with Gasteiger partial charge in [0.25, 0.3) is 0 Å². The fourth-order valence-corrected chi connectivity index (χ4v) is 2.72. The molecule has 0 amide bonds. The van der Waals surface area contributed by atoms with Crippen LogP contribution in [0, 0.1) is 6.92 Å². The fraction of sp³-hybridized carbons (Fsp3) is 0.0455. The lowest BCUT2D eigenvalue weighted by molar-refractivity contribution is 0.0733. The van der Waals surface area contributed by atoms with E-state index >= 15 is 0 Å². The molecule has 4 nitrogen and oxygen atoms in total. The molecule has 0 unspecified atom stereocenters. The molecular weight excluding hydrogens is 364 g/mol. The molecular formula is C22H15ClO4. The van der Waals surface area contributed by atoms with Crippen molar-refractivity contribution < 1.29 is 19.1 Å². The summed E-state index contributed by atoms with van der Waals surface area (Å²) < 4.78 is 5.35. The lowest BCUT2D eigenvalue weighted by atomic mass is 10.0. The molecule has 0 aliphatic heterocycles. The maximum Gasteiger partial charge on any atom is 0.343 e. The SMILES string of the molecule is Cc1cc(Cl)ccc1OC(=O)c1ccc(C(=O)C(=O)c2ccccc2)cc1. The third kappa shape index (κ3) is 4.30. The minimum absolute atomic E-state index is 0.211. The molecule has 0 bridgehead atoms. The maximum absolute atomic E-state index is 12.3. The first-order valence-electron chi connectivity index (χ1n) is 8.18. The quantitative estimate of drug-likeness (QED) is 0.273. The Balaban J connectivity index is 1.73. The molecule has 0 spiro atoms. The number of ether oxygens (including phenoxy) is 1. The van der Waals surface area contributed by atoms with E-state index in [1.54, 1.807) is 55.5 Å². The minimum atomic E-state index is -0.630. The van der Waals surface area contributed by atoms with E-state index in [9.17, 15) is 14.4 Å². The first kappa shape index (κ1) is 18.5. The third-order valence-corrected chi connectivity index (χ3v) is 4.20. The van der Waals surface area contributed by atoms with Gasteiger partial charge in [0.1, 0.15) is 5.75 Å². The molecule has 0 fully saturated rings. The van der Waals surface area contributed by atoms with Crippen molar-refractivity contribution >= 4 is 29.1 Å². The van der Waals surface area contributed by atoms with Gasteiger partial charge < -0.3 is 4.74 Å². The smallest absolute Gasteiger partial charge is 0.343 e. The summed E-state index contributed by atoms with van der Waals surface area (Å²) in [4.78, 5) is 36.8. The predicted octanol–water partition coefficient (Wildman–Crippen LogP) is 4.93. The van der Waals surface area contributed by atoms with Gasteiger partial charge >= 0.3 is 5.97 Å². The highest BCUT2D eigenvalue weighted by atomic mass is 35.5. The number of esters is 1. The molecule has 3 rings (SSSR count). The van der Waals surface area contributed by atoms with Gasteiger partial charge in [0.05, 0.1) is 5.56 Å². The number of halogens is 1. The van der Waals surface area contributed by atoms with Gasteiger partial charge in [-0.15, -0.1) is 0 Å². The highest BCUT2D eigenvalue weighted by Crippen LogP contribution is 2.23. The van der Waals surface area contributed by atoms with Gasteiger partial charge in [-0.2, -0.15) is 0 Å². The standard InChI is InChI=1S/C22H15ClO4/c1-14-13-18(23)11-12-19(14)27-22(26)17-9-7-16(8-10-17)21(25)20(24)15-5-3-2-4-6-15/h2-13H,1H3.